The molecular weight excluding hydrogens is 449 g/mol. The predicted octanol–water partition coefficient (Wildman–Crippen LogP) is 4.14. The Hall–Kier alpha value is -2.85. The van der Waals surface area contributed by atoms with E-state index in [4.69, 9.17) is 9.47 Å². The van der Waals surface area contributed by atoms with Crippen molar-refractivity contribution in [2.45, 2.75) is 31.7 Å². The van der Waals surface area contributed by atoms with Crippen LogP contribution in [0.5, 0.6) is 5.75 Å². The number of carboxylic acids is 1. The van der Waals surface area contributed by atoms with Crippen LogP contribution in [-0.2, 0) is 9.53 Å². The van der Waals surface area contributed by atoms with Gasteiger partial charge in [0.2, 0.25) is 0 Å². The summed E-state index contributed by atoms with van der Waals surface area (Å²) in [4.78, 5) is 28.2. The first-order chi connectivity index (χ1) is 15.9. The molecule has 1 N–H and O–H groups in total. The fraction of sp³-hybridized carbons (Fsp3) is 0.435. The Morgan fingerprint density at radius 1 is 1.30 bits per heavy atom. The molecule has 3 aliphatic rings. The second-order valence-electron chi connectivity index (χ2n) is 8.06. The van der Waals surface area contributed by atoms with Gasteiger partial charge in [0.1, 0.15) is 36.5 Å². The molecule has 176 valence electrons. The Morgan fingerprint density at radius 3 is 2.85 bits per heavy atom. The molecule has 8 nitrogen and oxygen atoms in total. The number of amides is 1. The lowest BCUT2D eigenvalue weighted by Gasteiger charge is -2.33. The lowest BCUT2D eigenvalue weighted by Crippen LogP contribution is -2.46. The summed E-state index contributed by atoms with van der Waals surface area (Å²) in [7, 11) is 0. The number of allylic oxidation sites excluding steroid dienone is 3. The molecule has 33 heavy (non-hydrogen) atoms. The van der Waals surface area contributed by atoms with Gasteiger partial charge < -0.3 is 14.6 Å². The summed E-state index contributed by atoms with van der Waals surface area (Å²) >= 11 is 1.09. The Kier molecular flexibility index (Phi) is 7.34. The van der Waals surface area contributed by atoms with E-state index in [1.54, 1.807) is 17.2 Å². The van der Waals surface area contributed by atoms with Gasteiger partial charge >= 0.3 is 5.97 Å². The van der Waals surface area contributed by atoms with E-state index >= 15 is 0 Å². The second-order valence-corrected chi connectivity index (χ2v) is 9.06. The van der Waals surface area contributed by atoms with Crippen molar-refractivity contribution >= 4 is 28.7 Å². The Balaban J connectivity index is 1.32. The fourth-order valence-electron chi connectivity index (χ4n) is 3.71. The van der Waals surface area contributed by atoms with Crippen LogP contribution in [0.1, 0.15) is 24.8 Å². The number of fused-ring (bicyclic) bond motifs is 1. The summed E-state index contributed by atoms with van der Waals surface area (Å²) in [6.07, 6.45) is 5.00. The maximum atomic E-state index is 14.7. The molecule has 1 aromatic rings. The van der Waals surface area contributed by atoms with Crippen molar-refractivity contribution < 1.29 is 28.6 Å². The average molecular weight is 476 g/mol. The molecule has 0 saturated carbocycles. The molecule has 0 bridgehead atoms. The van der Waals surface area contributed by atoms with E-state index in [0.29, 0.717) is 12.3 Å². The van der Waals surface area contributed by atoms with Crippen LogP contribution >= 0.6 is 11.8 Å². The van der Waals surface area contributed by atoms with E-state index in [9.17, 15) is 19.1 Å². The Bertz CT molecular complexity index is 1010. The van der Waals surface area contributed by atoms with Gasteiger partial charge in [-0.25, -0.2) is 4.39 Å². The van der Waals surface area contributed by atoms with Crippen LogP contribution in [0.3, 0.4) is 0 Å². The largest absolute Gasteiger partial charge is 0.493 e. The average Bonchev–Trinajstić information content (AvgIpc) is 3.11. The van der Waals surface area contributed by atoms with Crippen molar-refractivity contribution in [2.75, 3.05) is 26.3 Å². The van der Waals surface area contributed by atoms with Gasteiger partial charge in [-0.3, -0.25) is 19.6 Å². The molecule has 2 aliphatic heterocycles. The molecule has 4 rings (SSSR count). The smallest absolute Gasteiger partial charge is 0.313 e. The number of hydrogen-bond donors (Lipinski definition) is 1. The van der Waals surface area contributed by atoms with E-state index in [0.717, 1.165) is 36.7 Å². The Labute approximate surface area is 195 Å². The topological polar surface area (TPSA) is 91.7 Å². The summed E-state index contributed by atoms with van der Waals surface area (Å²) in [5.41, 5.74) is 0.796. The zero-order valence-electron chi connectivity index (χ0n) is 18.3. The third-order valence-electron chi connectivity index (χ3n) is 5.54. The van der Waals surface area contributed by atoms with Gasteiger partial charge in [-0.1, -0.05) is 12.1 Å². The summed E-state index contributed by atoms with van der Waals surface area (Å²) in [5.74, 6) is -1.67. The van der Waals surface area contributed by atoms with Crippen LogP contribution in [0.15, 0.2) is 53.0 Å². The number of halogens is 1. The molecule has 10 heteroatoms. The molecule has 0 radical (unpaired) electrons. The first-order valence-corrected chi connectivity index (χ1v) is 11.7. The van der Waals surface area contributed by atoms with Gasteiger partial charge in [0.15, 0.2) is 5.50 Å². The van der Waals surface area contributed by atoms with E-state index in [-0.39, 0.29) is 36.3 Å². The van der Waals surface area contributed by atoms with Crippen LogP contribution < -0.4 is 4.74 Å². The summed E-state index contributed by atoms with van der Waals surface area (Å²) in [5, 5.41) is 13.0. The van der Waals surface area contributed by atoms with Crippen LogP contribution in [-0.4, -0.2) is 63.8 Å². The summed E-state index contributed by atoms with van der Waals surface area (Å²) in [6.45, 7) is 3.09. The minimum atomic E-state index is -1.06. The van der Waals surface area contributed by atoms with E-state index < -0.39 is 23.2 Å². The fourth-order valence-corrected chi connectivity index (χ4v) is 4.73. The lowest BCUT2D eigenvalue weighted by atomic mass is 10.1. The highest BCUT2D eigenvalue weighted by atomic mass is 32.2. The maximum absolute atomic E-state index is 14.7. The van der Waals surface area contributed by atoms with Gasteiger partial charge in [0.05, 0.1) is 5.71 Å². The minimum Gasteiger partial charge on any atom is -0.493 e. The molecule has 2 atom stereocenters. The number of aliphatic imine (C=N–C) groups is 1. The van der Waals surface area contributed by atoms with E-state index in [1.165, 1.54) is 6.08 Å². The van der Waals surface area contributed by atoms with Crippen LogP contribution in [0.4, 0.5) is 9.18 Å². The summed E-state index contributed by atoms with van der Waals surface area (Å²) in [6, 6.07) is 7.33. The highest BCUT2D eigenvalue weighted by molar-refractivity contribution is 8.14. The number of hydrogen-bond acceptors (Lipinski definition) is 7. The zero-order chi connectivity index (χ0) is 23.4. The first-order valence-electron chi connectivity index (χ1n) is 10.8. The molecule has 1 amide bonds. The number of carbonyl (C=O) groups excluding carboxylic acids is 1. The molecule has 2 saturated heterocycles. The number of carbonyl (C=O) groups is 2. The van der Waals surface area contributed by atoms with Crippen molar-refractivity contribution in [1.82, 2.24) is 10.0 Å². The predicted molar refractivity (Wildman–Crippen MR) is 122 cm³/mol. The second kappa shape index (κ2) is 10.4. The van der Waals surface area contributed by atoms with Gasteiger partial charge in [-0.05, 0) is 55.3 Å². The Morgan fingerprint density at radius 2 is 2.09 bits per heavy atom. The molecule has 1 aromatic carbocycles. The van der Waals surface area contributed by atoms with Crippen molar-refractivity contribution in [3.8, 4) is 5.75 Å². The zero-order valence-corrected chi connectivity index (χ0v) is 19.1. The number of hydrazine groups is 1. The van der Waals surface area contributed by atoms with E-state index in [1.807, 2.05) is 30.1 Å². The number of nitrogens with zero attached hydrogens (tertiary/aromatic N) is 3. The van der Waals surface area contributed by atoms with Crippen LogP contribution in [0.25, 0.3) is 0 Å². The van der Waals surface area contributed by atoms with Crippen molar-refractivity contribution in [3.63, 3.8) is 0 Å². The van der Waals surface area contributed by atoms with E-state index in [2.05, 4.69) is 4.99 Å². The number of ether oxygens (including phenoxy) is 2. The molecule has 1 aliphatic carbocycles. The monoisotopic (exact) mass is 475 g/mol. The molecule has 0 spiro atoms. The molecule has 2 unspecified atom stereocenters. The van der Waals surface area contributed by atoms with Crippen molar-refractivity contribution in [1.29, 1.82) is 0 Å². The third kappa shape index (κ3) is 5.75. The highest BCUT2D eigenvalue weighted by Crippen LogP contribution is 2.35. The number of aliphatic carboxylic acids is 1. The normalized spacial score (nSPS) is 23.1. The number of benzene rings is 1. The molecular formula is C23H26FN3O5S. The van der Waals surface area contributed by atoms with Crippen LogP contribution in [0.2, 0.25) is 0 Å². The number of thioether (sulfide) groups is 1. The quantitative estimate of drug-likeness (QED) is 0.604. The number of rotatable bonds is 8. The van der Waals surface area contributed by atoms with Crippen LogP contribution in [0, 0.1) is 12.8 Å². The highest BCUT2D eigenvalue weighted by Gasteiger charge is 2.40. The number of aryl methyl sites for hydroxylation is 1. The molecule has 2 heterocycles. The van der Waals surface area contributed by atoms with Gasteiger partial charge in [0, 0.05) is 25.6 Å². The van der Waals surface area contributed by atoms with Crippen molar-refractivity contribution in [3.05, 3.63) is 53.6 Å². The minimum absolute atomic E-state index is 0.0589. The molecule has 0 aromatic heterocycles. The lowest BCUT2D eigenvalue weighted by molar-refractivity contribution is -0.144. The van der Waals surface area contributed by atoms with Gasteiger partial charge in [-0.2, -0.15) is 5.01 Å². The third-order valence-corrected chi connectivity index (χ3v) is 6.51. The van der Waals surface area contributed by atoms with Crippen molar-refractivity contribution in [2.24, 2.45) is 10.9 Å². The first kappa shape index (κ1) is 23.3. The number of carboxylic acid groups (broad SMARTS) is 1. The molecule has 2 fully saturated rings. The SMILES string of the molecule is Cc1cccc(OCC(COC2=CCC(=NC3SC(=O)N4CCCCN34)C(F)=C2)C(=O)O)c1. The summed E-state index contributed by atoms with van der Waals surface area (Å²) < 4.78 is 25.9. The standard InChI is InChI=1S/C23H26FN3O5S/c1-15-5-4-6-17(11-15)31-13-16(21(28)29)14-32-18-7-8-20(19(24)12-18)25-22-26-9-2-3-10-27(26)23(30)33-22/h4-7,11-12,16,22H,2-3,8-10,13-14H2,1H3,(H,28,29). The maximum Gasteiger partial charge on any atom is 0.313 e. The van der Waals surface area contributed by atoms with Gasteiger partial charge in [-0.15, -0.1) is 0 Å². The van der Waals surface area contributed by atoms with Gasteiger partial charge in [0.25, 0.3) is 5.24 Å².